The lowest BCUT2D eigenvalue weighted by Crippen LogP contribution is -1.92. The highest BCUT2D eigenvalue weighted by Crippen LogP contribution is 2.33. The SMILES string of the molecule is CCOc1ccc(-c2cnc3cc(OC)c(OC)cc3c2)cc1. The van der Waals surface area contributed by atoms with E-state index in [0.717, 1.165) is 27.8 Å². The molecule has 0 atom stereocenters. The van der Waals surface area contributed by atoms with Crippen molar-refractivity contribution in [3.63, 3.8) is 0 Å². The smallest absolute Gasteiger partial charge is 0.162 e. The number of rotatable bonds is 5. The lowest BCUT2D eigenvalue weighted by Gasteiger charge is -2.10. The van der Waals surface area contributed by atoms with Crippen molar-refractivity contribution in [2.45, 2.75) is 6.92 Å². The van der Waals surface area contributed by atoms with Gasteiger partial charge in [-0.15, -0.1) is 0 Å². The molecule has 0 aliphatic heterocycles. The van der Waals surface area contributed by atoms with Gasteiger partial charge in [0.25, 0.3) is 0 Å². The molecule has 4 nitrogen and oxygen atoms in total. The lowest BCUT2D eigenvalue weighted by molar-refractivity contribution is 0.340. The number of aromatic nitrogens is 1. The van der Waals surface area contributed by atoms with E-state index >= 15 is 0 Å². The zero-order valence-electron chi connectivity index (χ0n) is 13.5. The summed E-state index contributed by atoms with van der Waals surface area (Å²) in [6.07, 6.45) is 1.87. The van der Waals surface area contributed by atoms with Gasteiger partial charge in [-0.3, -0.25) is 4.98 Å². The summed E-state index contributed by atoms with van der Waals surface area (Å²) in [5.74, 6) is 2.25. The molecule has 0 aliphatic carbocycles. The summed E-state index contributed by atoms with van der Waals surface area (Å²) >= 11 is 0. The number of hydrogen-bond acceptors (Lipinski definition) is 4. The Morgan fingerprint density at radius 1 is 0.870 bits per heavy atom. The van der Waals surface area contributed by atoms with Crippen LogP contribution in [0.4, 0.5) is 0 Å². The Labute approximate surface area is 135 Å². The fourth-order valence-corrected chi connectivity index (χ4v) is 2.52. The number of benzene rings is 2. The van der Waals surface area contributed by atoms with Crippen LogP contribution in [0, 0.1) is 0 Å². The van der Waals surface area contributed by atoms with E-state index in [1.165, 1.54) is 0 Å². The molecule has 1 aromatic heterocycles. The van der Waals surface area contributed by atoms with E-state index in [-0.39, 0.29) is 0 Å². The molecule has 0 bridgehead atoms. The van der Waals surface area contributed by atoms with E-state index in [1.54, 1.807) is 14.2 Å². The highest BCUT2D eigenvalue weighted by atomic mass is 16.5. The van der Waals surface area contributed by atoms with E-state index < -0.39 is 0 Å². The predicted octanol–water partition coefficient (Wildman–Crippen LogP) is 4.32. The third-order valence-electron chi connectivity index (χ3n) is 3.69. The van der Waals surface area contributed by atoms with Crippen molar-refractivity contribution >= 4 is 10.9 Å². The van der Waals surface area contributed by atoms with Crippen LogP contribution in [0.3, 0.4) is 0 Å². The van der Waals surface area contributed by atoms with Gasteiger partial charge in [-0.25, -0.2) is 0 Å². The molecule has 1 heterocycles. The van der Waals surface area contributed by atoms with Crippen LogP contribution < -0.4 is 14.2 Å². The molecule has 0 aliphatic rings. The van der Waals surface area contributed by atoms with Crippen molar-refractivity contribution in [3.05, 3.63) is 48.7 Å². The van der Waals surface area contributed by atoms with Gasteiger partial charge in [0, 0.05) is 23.2 Å². The second-order valence-corrected chi connectivity index (χ2v) is 5.08. The van der Waals surface area contributed by atoms with E-state index in [9.17, 15) is 0 Å². The van der Waals surface area contributed by atoms with Crippen molar-refractivity contribution in [1.82, 2.24) is 4.98 Å². The van der Waals surface area contributed by atoms with E-state index in [1.807, 2.05) is 49.5 Å². The Balaban J connectivity index is 2.01. The third kappa shape index (κ3) is 3.06. The minimum atomic E-state index is 0.665. The maximum atomic E-state index is 5.48. The average molecular weight is 309 g/mol. The van der Waals surface area contributed by atoms with Gasteiger partial charge >= 0.3 is 0 Å². The molecule has 0 N–H and O–H groups in total. The molecule has 2 aromatic carbocycles. The first-order valence-corrected chi connectivity index (χ1v) is 7.50. The van der Waals surface area contributed by atoms with Crippen LogP contribution in [-0.4, -0.2) is 25.8 Å². The Morgan fingerprint density at radius 2 is 1.57 bits per heavy atom. The van der Waals surface area contributed by atoms with Gasteiger partial charge in [-0.05, 0) is 36.8 Å². The van der Waals surface area contributed by atoms with Crippen LogP contribution in [0.15, 0.2) is 48.7 Å². The van der Waals surface area contributed by atoms with E-state index in [2.05, 4.69) is 11.1 Å². The average Bonchev–Trinajstić information content (AvgIpc) is 2.61. The minimum absolute atomic E-state index is 0.665. The first-order chi connectivity index (χ1) is 11.2. The summed E-state index contributed by atoms with van der Waals surface area (Å²) in [5, 5.41) is 1.01. The Kier molecular flexibility index (Phi) is 4.33. The molecule has 0 amide bonds. The van der Waals surface area contributed by atoms with Crippen LogP contribution in [0.1, 0.15) is 6.92 Å². The zero-order valence-corrected chi connectivity index (χ0v) is 13.5. The van der Waals surface area contributed by atoms with Crippen molar-refractivity contribution in [3.8, 4) is 28.4 Å². The molecule has 3 rings (SSSR count). The van der Waals surface area contributed by atoms with Crippen LogP contribution >= 0.6 is 0 Å². The highest BCUT2D eigenvalue weighted by Gasteiger charge is 2.08. The Hall–Kier alpha value is -2.75. The van der Waals surface area contributed by atoms with Gasteiger partial charge in [0.15, 0.2) is 11.5 Å². The molecule has 0 saturated heterocycles. The van der Waals surface area contributed by atoms with Crippen molar-refractivity contribution < 1.29 is 14.2 Å². The summed E-state index contributed by atoms with van der Waals surface area (Å²) in [6.45, 7) is 2.64. The van der Waals surface area contributed by atoms with Gasteiger partial charge in [0.1, 0.15) is 5.75 Å². The lowest BCUT2D eigenvalue weighted by atomic mass is 10.0. The van der Waals surface area contributed by atoms with E-state index in [0.29, 0.717) is 18.1 Å². The third-order valence-corrected chi connectivity index (χ3v) is 3.69. The molecule has 0 unspecified atom stereocenters. The second-order valence-electron chi connectivity index (χ2n) is 5.08. The van der Waals surface area contributed by atoms with Crippen LogP contribution in [0.5, 0.6) is 17.2 Å². The standard InChI is InChI=1S/C19H19NO3/c1-4-23-16-7-5-13(6-8-16)15-9-14-10-18(21-2)19(22-3)11-17(14)20-12-15/h5-12H,4H2,1-3H3. The first-order valence-electron chi connectivity index (χ1n) is 7.50. The quantitative estimate of drug-likeness (QED) is 0.704. The van der Waals surface area contributed by atoms with Gasteiger partial charge in [0.2, 0.25) is 0 Å². The molecule has 0 radical (unpaired) electrons. The summed E-state index contributed by atoms with van der Waals surface area (Å²) in [4.78, 5) is 4.53. The summed E-state index contributed by atoms with van der Waals surface area (Å²) in [5.41, 5.74) is 3.02. The number of pyridine rings is 1. The topological polar surface area (TPSA) is 40.6 Å². The van der Waals surface area contributed by atoms with Crippen molar-refractivity contribution in [2.75, 3.05) is 20.8 Å². The number of ether oxygens (including phenoxy) is 3. The van der Waals surface area contributed by atoms with Crippen molar-refractivity contribution in [1.29, 1.82) is 0 Å². The zero-order chi connectivity index (χ0) is 16.2. The van der Waals surface area contributed by atoms with Crippen LogP contribution in [0.25, 0.3) is 22.0 Å². The van der Waals surface area contributed by atoms with Gasteiger partial charge < -0.3 is 14.2 Å². The summed E-state index contributed by atoms with van der Waals surface area (Å²) in [7, 11) is 3.26. The summed E-state index contributed by atoms with van der Waals surface area (Å²) < 4.78 is 16.2. The molecule has 0 fully saturated rings. The molecule has 4 heteroatoms. The largest absolute Gasteiger partial charge is 0.494 e. The summed E-state index contributed by atoms with van der Waals surface area (Å²) in [6, 6.07) is 13.9. The Morgan fingerprint density at radius 3 is 2.22 bits per heavy atom. The number of nitrogens with zero attached hydrogens (tertiary/aromatic N) is 1. The second kappa shape index (κ2) is 6.57. The maximum Gasteiger partial charge on any atom is 0.162 e. The number of methoxy groups -OCH3 is 2. The maximum absolute atomic E-state index is 5.48. The molecule has 0 spiro atoms. The van der Waals surface area contributed by atoms with Gasteiger partial charge in [-0.1, -0.05) is 12.1 Å². The highest BCUT2D eigenvalue weighted by molar-refractivity contribution is 5.86. The predicted molar refractivity (Wildman–Crippen MR) is 91.5 cm³/mol. The molecule has 118 valence electrons. The normalized spacial score (nSPS) is 10.6. The molecular weight excluding hydrogens is 290 g/mol. The van der Waals surface area contributed by atoms with Gasteiger partial charge in [-0.2, -0.15) is 0 Å². The molecule has 3 aromatic rings. The van der Waals surface area contributed by atoms with Crippen LogP contribution in [-0.2, 0) is 0 Å². The fraction of sp³-hybridized carbons (Fsp3) is 0.211. The van der Waals surface area contributed by atoms with Gasteiger partial charge in [0.05, 0.1) is 26.3 Å². The number of hydrogen-bond donors (Lipinski definition) is 0. The molecule has 23 heavy (non-hydrogen) atoms. The van der Waals surface area contributed by atoms with Crippen molar-refractivity contribution in [2.24, 2.45) is 0 Å². The molecular formula is C19H19NO3. The Bertz CT molecular complexity index is 813. The van der Waals surface area contributed by atoms with Crippen LogP contribution in [0.2, 0.25) is 0 Å². The molecule has 0 saturated carbocycles. The fourth-order valence-electron chi connectivity index (χ4n) is 2.52. The minimum Gasteiger partial charge on any atom is -0.494 e. The first kappa shape index (κ1) is 15.2. The number of fused-ring (bicyclic) bond motifs is 1. The monoisotopic (exact) mass is 309 g/mol. The van der Waals surface area contributed by atoms with E-state index in [4.69, 9.17) is 14.2 Å².